The summed E-state index contributed by atoms with van der Waals surface area (Å²) in [5.74, 6) is -1.78. The van der Waals surface area contributed by atoms with Crippen LogP contribution in [0.25, 0.3) is 0 Å². The Kier molecular flexibility index (Phi) is 6.92. The van der Waals surface area contributed by atoms with Crippen LogP contribution in [0.3, 0.4) is 0 Å². The first-order valence-electron chi connectivity index (χ1n) is 9.97. The van der Waals surface area contributed by atoms with Crippen molar-refractivity contribution in [1.82, 2.24) is 20.3 Å². The zero-order valence-corrected chi connectivity index (χ0v) is 16.2. The molecule has 9 nitrogen and oxygen atoms in total. The lowest BCUT2D eigenvalue weighted by atomic mass is 9.89. The zero-order valence-electron chi connectivity index (χ0n) is 16.2. The number of nitrogens with zero attached hydrogens (tertiary/aromatic N) is 3. The molecule has 0 aromatic carbocycles. The summed E-state index contributed by atoms with van der Waals surface area (Å²) in [7, 11) is 0. The normalized spacial score (nSPS) is 20.3. The van der Waals surface area contributed by atoms with E-state index in [-0.39, 0.29) is 24.8 Å². The van der Waals surface area contributed by atoms with Crippen molar-refractivity contribution in [2.24, 2.45) is 11.8 Å². The lowest BCUT2D eigenvalue weighted by Gasteiger charge is -2.31. The van der Waals surface area contributed by atoms with Crippen LogP contribution in [0.4, 0.5) is 0 Å². The maximum absolute atomic E-state index is 13.3. The van der Waals surface area contributed by atoms with Crippen LogP contribution in [0.5, 0.6) is 0 Å². The van der Waals surface area contributed by atoms with Gasteiger partial charge in [0.05, 0.1) is 12.5 Å². The van der Waals surface area contributed by atoms with Crippen molar-refractivity contribution in [2.75, 3.05) is 13.1 Å². The molecule has 1 aliphatic carbocycles. The maximum atomic E-state index is 13.3. The van der Waals surface area contributed by atoms with E-state index in [1.807, 2.05) is 0 Å². The maximum Gasteiger partial charge on any atom is 0.258 e. The first-order chi connectivity index (χ1) is 14.0. The van der Waals surface area contributed by atoms with Gasteiger partial charge >= 0.3 is 0 Å². The largest absolute Gasteiger partial charge is 0.330 e. The van der Waals surface area contributed by atoms with Crippen LogP contribution in [-0.2, 0) is 14.4 Å². The summed E-state index contributed by atoms with van der Waals surface area (Å²) < 4.78 is 0. The number of rotatable bonds is 7. The Labute approximate surface area is 169 Å². The molecule has 1 aliphatic heterocycles. The third-order valence-electron chi connectivity index (χ3n) is 5.81. The van der Waals surface area contributed by atoms with Gasteiger partial charge in [0.2, 0.25) is 18.2 Å². The number of hydrogen-bond donors (Lipinski definition) is 2. The molecule has 1 aromatic heterocycles. The van der Waals surface area contributed by atoms with Crippen molar-refractivity contribution in [1.29, 1.82) is 0 Å². The minimum absolute atomic E-state index is 0.0693. The van der Waals surface area contributed by atoms with Crippen molar-refractivity contribution in [3.8, 4) is 0 Å². The molecule has 1 saturated heterocycles. The highest BCUT2D eigenvalue weighted by molar-refractivity contribution is 6.06. The highest BCUT2D eigenvalue weighted by atomic mass is 16.5. The second kappa shape index (κ2) is 9.60. The van der Waals surface area contributed by atoms with Gasteiger partial charge in [-0.15, -0.1) is 0 Å². The fourth-order valence-corrected chi connectivity index (χ4v) is 4.32. The number of amides is 4. The van der Waals surface area contributed by atoms with E-state index in [1.165, 1.54) is 29.4 Å². The van der Waals surface area contributed by atoms with E-state index in [2.05, 4.69) is 10.3 Å². The summed E-state index contributed by atoms with van der Waals surface area (Å²) in [6.45, 7) is 0.323. The molecule has 0 bridgehead atoms. The molecular formula is C20H26N4O5. The highest BCUT2D eigenvalue weighted by Crippen LogP contribution is 2.34. The molecule has 2 heterocycles. The van der Waals surface area contributed by atoms with Crippen molar-refractivity contribution >= 4 is 24.1 Å². The molecule has 2 atom stereocenters. The summed E-state index contributed by atoms with van der Waals surface area (Å²) in [6, 6.07) is 2.28. The Morgan fingerprint density at radius 2 is 1.90 bits per heavy atom. The number of likely N-dealkylation sites (tertiary alicyclic amines) is 1. The van der Waals surface area contributed by atoms with E-state index in [0.717, 1.165) is 25.7 Å². The van der Waals surface area contributed by atoms with Gasteiger partial charge in [-0.1, -0.05) is 12.8 Å². The van der Waals surface area contributed by atoms with Crippen molar-refractivity contribution in [2.45, 2.75) is 44.6 Å². The van der Waals surface area contributed by atoms with Crippen LogP contribution in [-0.4, -0.2) is 63.4 Å². The minimum Gasteiger partial charge on any atom is -0.330 e. The number of hydrogen-bond acceptors (Lipinski definition) is 6. The average molecular weight is 402 g/mol. The van der Waals surface area contributed by atoms with E-state index in [9.17, 15) is 24.4 Å². The van der Waals surface area contributed by atoms with Gasteiger partial charge in [-0.25, -0.2) is 5.06 Å². The quantitative estimate of drug-likeness (QED) is 0.304. The monoisotopic (exact) mass is 402 g/mol. The van der Waals surface area contributed by atoms with Crippen LogP contribution >= 0.6 is 0 Å². The summed E-state index contributed by atoms with van der Waals surface area (Å²) >= 11 is 0. The van der Waals surface area contributed by atoms with E-state index >= 15 is 0 Å². The lowest BCUT2D eigenvalue weighted by molar-refractivity contribution is -0.159. The number of pyridine rings is 1. The summed E-state index contributed by atoms with van der Waals surface area (Å²) in [5, 5.41) is 12.5. The molecule has 0 radical (unpaired) electrons. The highest BCUT2D eigenvalue weighted by Gasteiger charge is 2.41. The zero-order chi connectivity index (χ0) is 20.8. The van der Waals surface area contributed by atoms with E-state index in [1.54, 1.807) is 0 Å². The molecule has 1 unspecified atom stereocenters. The van der Waals surface area contributed by atoms with Crippen molar-refractivity contribution in [3.63, 3.8) is 0 Å². The molecule has 9 heteroatoms. The van der Waals surface area contributed by atoms with Crippen LogP contribution in [0.15, 0.2) is 24.5 Å². The summed E-state index contributed by atoms with van der Waals surface area (Å²) in [6.07, 6.45) is 8.06. The Morgan fingerprint density at radius 1 is 1.21 bits per heavy atom. The lowest BCUT2D eigenvalue weighted by Crippen LogP contribution is -2.51. The second-order valence-electron chi connectivity index (χ2n) is 7.62. The fraction of sp³-hybridized carbons (Fsp3) is 0.550. The molecule has 1 aromatic rings. The van der Waals surface area contributed by atoms with E-state index in [4.69, 9.17) is 0 Å². The molecule has 3 rings (SSSR count). The van der Waals surface area contributed by atoms with Gasteiger partial charge in [-0.05, 0) is 43.7 Å². The van der Waals surface area contributed by atoms with Crippen molar-refractivity contribution < 1.29 is 24.4 Å². The van der Waals surface area contributed by atoms with Gasteiger partial charge in [0, 0.05) is 24.5 Å². The predicted octanol–water partition coefficient (Wildman–Crippen LogP) is 0.983. The predicted molar refractivity (Wildman–Crippen MR) is 101 cm³/mol. The minimum atomic E-state index is -0.736. The number of carbonyl (C=O) groups is 4. The second-order valence-corrected chi connectivity index (χ2v) is 7.62. The number of aromatic nitrogens is 1. The molecule has 2 N–H and O–H groups in total. The molecule has 29 heavy (non-hydrogen) atoms. The van der Waals surface area contributed by atoms with Gasteiger partial charge in [-0.3, -0.25) is 34.7 Å². The Balaban J connectivity index is 1.70. The molecule has 2 aliphatic rings. The van der Waals surface area contributed by atoms with Crippen LogP contribution in [0.1, 0.15) is 48.9 Å². The van der Waals surface area contributed by atoms with E-state index in [0.29, 0.717) is 30.0 Å². The smallest absolute Gasteiger partial charge is 0.258 e. The number of carbonyl (C=O) groups excluding carboxylic acids is 4. The molecule has 1 saturated carbocycles. The molecule has 2 fully saturated rings. The Hall–Kier alpha value is -2.81. The van der Waals surface area contributed by atoms with Crippen molar-refractivity contribution in [3.05, 3.63) is 30.1 Å². The third kappa shape index (κ3) is 4.97. The van der Waals surface area contributed by atoms with Crippen LogP contribution < -0.4 is 5.32 Å². The van der Waals surface area contributed by atoms with Gasteiger partial charge in [-0.2, -0.15) is 0 Å². The SMILES string of the molecule is O=CN(O)CC(C(=O)N1CCC[C@H]1C(=O)NC(=O)c1ccncc1)C1CCCC1. The average Bonchev–Trinajstić information content (AvgIpc) is 3.44. The Morgan fingerprint density at radius 3 is 2.55 bits per heavy atom. The first kappa shape index (κ1) is 20.9. The molecule has 156 valence electrons. The number of imide groups is 1. The van der Waals surface area contributed by atoms with E-state index < -0.39 is 23.8 Å². The van der Waals surface area contributed by atoms with Gasteiger partial charge in [0.15, 0.2) is 0 Å². The van der Waals surface area contributed by atoms with Gasteiger partial charge < -0.3 is 4.90 Å². The topological polar surface area (TPSA) is 120 Å². The fourth-order valence-electron chi connectivity index (χ4n) is 4.32. The number of nitrogens with one attached hydrogen (secondary N) is 1. The van der Waals surface area contributed by atoms with Gasteiger partial charge in [0.1, 0.15) is 6.04 Å². The molecular weight excluding hydrogens is 376 g/mol. The first-order valence-corrected chi connectivity index (χ1v) is 9.97. The standard InChI is InChI=1S/C20H26N4O5/c25-13-23(29)12-16(14-4-1-2-5-14)20(28)24-11-3-6-17(24)19(27)22-18(26)15-7-9-21-10-8-15/h7-10,13-14,16-17,29H,1-6,11-12H2,(H,22,26,27)/t16?,17-/m0/s1. The molecule has 4 amide bonds. The van der Waals surface area contributed by atoms with Crippen LogP contribution in [0.2, 0.25) is 0 Å². The Bertz CT molecular complexity index is 750. The summed E-state index contributed by atoms with van der Waals surface area (Å²) in [4.78, 5) is 54.4. The van der Waals surface area contributed by atoms with Crippen LogP contribution in [0, 0.1) is 11.8 Å². The molecule has 0 spiro atoms. The third-order valence-corrected chi connectivity index (χ3v) is 5.81. The number of hydroxylamine groups is 2. The summed E-state index contributed by atoms with van der Waals surface area (Å²) in [5.41, 5.74) is 0.315. The van der Waals surface area contributed by atoms with Gasteiger partial charge in [0.25, 0.3) is 5.91 Å².